The van der Waals surface area contributed by atoms with Gasteiger partial charge >= 0.3 is 5.97 Å². The second-order valence-corrected chi connectivity index (χ2v) is 7.08. The monoisotopic (exact) mass is 370 g/mol. The van der Waals surface area contributed by atoms with Crippen LogP contribution in [0.4, 0.5) is 0 Å². The summed E-state index contributed by atoms with van der Waals surface area (Å²) in [6.45, 7) is 0. The first-order valence-corrected chi connectivity index (χ1v) is 9.32. The second-order valence-electron chi connectivity index (χ2n) is 6.09. The van der Waals surface area contributed by atoms with Gasteiger partial charge < -0.3 is 10.2 Å². The Kier molecular flexibility index (Phi) is 3.73. The van der Waals surface area contributed by atoms with Crippen molar-refractivity contribution in [3.8, 4) is 5.88 Å². The molecule has 0 radical (unpaired) electrons. The number of rotatable bonds is 5. The van der Waals surface area contributed by atoms with E-state index in [1.165, 1.54) is 23.9 Å². The molecule has 0 aliphatic carbocycles. The Labute approximate surface area is 150 Å². The van der Waals surface area contributed by atoms with Gasteiger partial charge in [-0.05, 0) is 42.7 Å². The van der Waals surface area contributed by atoms with Crippen LogP contribution in [0.1, 0.15) is 12.5 Å². The number of benzene rings is 2. The topological polar surface area (TPSA) is 109 Å². The highest BCUT2D eigenvalue weighted by Gasteiger charge is 2.27. The molecule has 0 amide bonds. The molecule has 0 aliphatic heterocycles. The van der Waals surface area contributed by atoms with E-state index in [-0.39, 0.29) is 17.4 Å². The van der Waals surface area contributed by atoms with Crippen molar-refractivity contribution in [2.75, 3.05) is 12.0 Å². The molecule has 26 heavy (non-hydrogen) atoms. The maximum atomic E-state index is 13.0. The predicted octanol–water partition coefficient (Wildman–Crippen LogP) is 2.02. The van der Waals surface area contributed by atoms with Gasteiger partial charge in [0, 0.05) is 21.5 Å². The van der Waals surface area contributed by atoms with Crippen LogP contribution in [0.25, 0.3) is 32.4 Å². The van der Waals surface area contributed by atoms with Crippen LogP contribution in [0.3, 0.4) is 0 Å². The third kappa shape index (κ3) is 2.15. The van der Waals surface area contributed by atoms with Gasteiger partial charge in [-0.15, -0.1) is 0 Å². The van der Waals surface area contributed by atoms with E-state index >= 15 is 0 Å². The molecule has 0 saturated heterocycles. The quantitative estimate of drug-likeness (QED) is 0.553. The van der Waals surface area contributed by atoms with Crippen molar-refractivity contribution >= 4 is 50.2 Å². The highest BCUT2D eigenvalue weighted by atomic mass is 32.2. The molecule has 7 nitrogen and oxygen atoms in total. The summed E-state index contributed by atoms with van der Waals surface area (Å²) in [5, 5.41) is 22.3. The number of hydrogen-bond donors (Lipinski definition) is 2. The standard InChI is InChI=1S/C18H14N2O5S/c1-26-7-6-12(18(24)25)20-16(22)9-3-2-8-14-11(19-15(8)21)5-4-10(13(9)14)17(20)23/h2-5,12,23H,6-7H2,1H3,(H,24,25). The number of carboxylic acid groups (broad SMARTS) is 1. The molecular weight excluding hydrogens is 356 g/mol. The number of pyridine rings is 1. The van der Waals surface area contributed by atoms with Gasteiger partial charge in [-0.2, -0.15) is 11.8 Å². The summed E-state index contributed by atoms with van der Waals surface area (Å²) in [5.41, 5.74) is -0.523. The number of nitrogens with zero attached hydrogens (tertiary/aromatic N) is 2. The molecule has 132 valence electrons. The third-order valence-corrected chi connectivity index (χ3v) is 5.35. The van der Waals surface area contributed by atoms with Crippen LogP contribution < -0.4 is 11.1 Å². The summed E-state index contributed by atoms with van der Waals surface area (Å²) in [6, 6.07) is 5.01. The first-order chi connectivity index (χ1) is 12.5. The number of aromatic nitrogens is 2. The van der Waals surface area contributed by atoms with Crippen LogP contribution in [-0.2, 0) is 4.79 Å². The molecular formula is C18H14N2O5S. The maximum absolute atomic E-state index is 13.0. The van der Waals surface area contributed by atoms with Crippen molar-refractivity contribution in [2.45, 2.75) is 12.5 Å². The minimum absolute atomic E-state index is 0.203. The normalized spacial score (nSPS) is 13.1. The van der Waals surface area contributed by atoms with Crippen LogP contribution in [0.15, 0.2) is 33.9 Å². The van der Waals surface area contributed by atoms with E-state index in [4.69, 9.17) is 0 Å². The average molecular weight is 370 g/mol. The van der Waals surface area contributed by atoms with Gasteiger partial charge in [-0.25, -0.2) is 9.78 Å². The lowest BCUT2D eigenvalue weighted by Gasteiger charge is -2.19. The Morgan fingerprint density at radius 3 is 2.54 bits per heavy atom. The lowest BCUT2D eigenvalue weighted by Crippen LogP contribution is -2.30. The summed E-state index contributed by atoms with van der Waals surface area (Å²) in [5.74, 6) is -1.05. The van der Waals surface area contributed by atoms with E-state index < -0.39 is 23.5 Å². The van der Waals surface area contributed by atoms with Gasteiger partial charge in [-0.1, -0.05) is 0 Å². The first-order valence-electron chi connectivity index (χ1n) is 7.93. The van der Waals surface area contributed by atoms with Crippen LogP contribution in [-0.4, -0.2) is 37.7 Å². The van der Waals surface area contributed by atoms with E-state index in [0.29, 0.717) is 32.8 Å². The number of hydrogen-bond acceptors (Lipinski definition) is 6. The minimum Gasteiger partial charge on any atom is -0.494 e. The summed E-state index contributed by atoms with van der Waals surface area (Å²) in [7, 11) is 0. The van der Waals surface area contributed by atoms with Crippen LogP contribution in [0.5, 0.6) is 5.88 Å². The van der Waals surface area contributed by atoms with Crippen molar-refractivity contribution in [1.82, 2.24) is 9.55 Å². The summed E-state index contributed by atoms with van der Waals surface area (Å²) < 4.78 is 0.936. The lowest BCUT2D eigenvalue weighted by atomic mass is 9.99. The largest absolute Gasteiger partial charge is 0.494 e. The van der Waals surface area contributed by atoms with E-state index in [9.17, 15) is 24.6 Å². The number of carboxylic acids is 1. The van der Waals surface area contributed by atoms with E-state index in [1.807, 2.05) is 6.26 Å². The minimum atomic E-state index is -1.18. The van der Waals surface area contributed by atoms with Crippen molar-refractivity contribution < 1.29 is 15.0 Å². The fourth-order valence-corrected chi connectivity index (χ4v) is 3.98. The molecule has 8 heteroatoms. The molecule has 4 rings (SSSR count). The Hall–Kier alpha value is -2.87. The van der Waals surface area contributed by atoms with Crippen LogP contribution in [0.2, 0.25) is 0 Å². The molecule has 4 aromatic rings. The molecule has 1 unspecified atom stereocenters. The molecule has 2 N–H and O–H groups in total. The van der Waals surface area contributed by atoms with Gasteiger partial charge in [0.1, 0.15) is 6.04 Å². The molecule has 2 aromatic heterocycles. The Morgan fingerprint density at radius 1 is 1.15 bits per heavy atom. The van der Waals surface area contributed by atoms with Gasteiger partial charge in [0.05, 0.1) is 10.9 Å². The number of carbonyl (C=O) groups is 1. The number of aliphatic carboxylic acids is 1. The van der Waals surface area contributed by atoms with Gasteiger partial charge in [0.25, 0.3) is 11.1 Å². The second kappa shape index (κ2) is 5.84. The van der Waals surface area contributed by atoms with Crippen molar-refractivity contribution in [3.63, 3.8) is 0 Å². The SMILES string of the molecule is CSCCC(C(=O)O)n1c(O)c2ccc3nc(=O)c4ccc(c1=O)c2c34. The van der Waals surface area contributed by atoms with E-state index in [2.05, 4.69) is 4.98 Å². The molecule has 2 heterocycles. The molecule has 2 aromatic carbocycles. The zero-order valence-corrected chi connectivity index (χ0v) is 14.5. The van der Waals surface area contributed by atoms with Crippen molar-refractivity contribution in [3.05, 3.63) is 45.0 Å². The average Bonchev–Trinajstić information content (AvgIpc) is 2.94. The predicted molar refractivity (Wildman–Crippen MR) is 101 cm³/mol. The van der Waals surface area contributed by atoms with Crippen LogP contribution >= 0.6 is 11.8 Å². The molecule has 0 aliphatic rings. The molecule has 0 bridgehead atoms. The summed E-state index contributed by atoms with van der Waals surface area (Å²) in [4.78, 5) is 40.7. The summed E-state index contributed by atoms with van der Waals surface area (Å²) in [6.07, 6.45) is 2.05. The van der Waals surface area contributed by atoms with Crippen molar-refractivity contribution in [2.24, 2.45) is 0 Å². The molecule has 0 spiro atoms. The van der Waals surface area contributed by atoms with E-state index in [0.717, 1.165) is 4.57 Å². The highest BCUT2D eigenvalue weighted by molar-refractivity contribution is 7.98. The lowest BCUT2D eigenvalue weighted by molar-refractivity contribution is -0.141. The smallest absolute Gasteiger partial charge is 0.326 e. The number of aromatic hydroxyl groups is 1. The van der Waals surface area contributed by atoms with Crippen molar-refractivity contribution in [1.29, 1.82) is 0 Å². The summed E-state index contributed by atoms with van der Waals surface area (Å²) >= 11 is 1.46. The Balaban J connectivity index is 2.15. The zero-order valence-electron chi connectivity index (χ0n) is 13.7. The Bertz CT molecular complexity index is 1270. The maximum Gasteiger partial charge on any atom is 0.326 e. The number of thioether (sulfide) groups is 1. The van der Waals surface area contributed by atoms with E-state index in [1.54, 1.807) is 12.1 Å². The van der Waals surface area contributed by atoms with Crippen LogP contribution in [0, 0.1) is 0 Å². The third-order valence-electron chi connectivity index (χ3n) is 4.70. The fraction of sp³-hybridized carbons (Fsp3) is 0.222. The van der Waals surface area contributed by atoms with Gasteiger partial charge in [0.2, 0.25) is 5.88 Å². The van der Waals surface area contributed by atoms with Gasteiger partial charge in [-0.3, -0.25) is 14.2 Å². The molecule has 0 fully saturated rings. The molecule has 0 saturated carbocycles. The fourth-order valence-electron chi connectivity index (χ4n) is 3.52. The molecule has 1 atom stereocenters. The highest BCUT2D eigenvalue weighted by Crippen LogP contribution is 2.36. The zero-order chi connectivity index (χ0) is 18.6. The first kappa shape index (κ1) is 16.6. The Morgan fingerprint density at radius 2 is 1.85 bits per heavy atom. The van der Waals surface area contributed by atoms with Gasteiger partial charge in [0.15, 0.2) is 0 Å².